The highest BCUT2D eigenvalue weighted by Crippen LogP contribution is 2.35. The summed E-state index contributed by atoms with van der Waals surface area (Å²) < 4.78 is 5.33. The van der Waals surface area contributed by atoms with Crippen LogP contribution in [-0.2, 0) is 0 Å². The van der Waals surface area contributed by atoms with Crippen LogP contribution in [0.15, 0.2) is 35.7 Å². The van der Waals surface area contributed by atoms with E-state index >= 15 is 0 Å². The molecule has 22 heavy (non-hydrogen) atoms. The number of amides is 2. The molecule has 1 aromatic heterocycles. The third kappa shape index (κ3) is 2.95. The van der Waals surface area contributed by atoms with E-state index in [1.54, 1.807) is 18.4 Å². The minimum absolute atomic E-state index is 0.0557. The number of urea groups is 1. The number of carbonyl (C=O) groups excluding carboxylic acids is 1. The van der Waals surface area contributed by atoms with Crippen molar-refractivity contribution in [3.05, 3.63) is 46.2 Å². The highest BCUT2D eigenvalue weighted by atomic mass is 32.1. The lowest BCUT2D eigenvalue weighted by Gasteiger charge is -2.24. The molecule has 0 unspecified atom stereocenters. The Morgan fingerprint density at radius 2 is 2.27 bits per heavy atom. The van der Waals surface area contributed by atoms with Gasteiger partial charge in [0.25, 0.3) is 0 Å². The summed E-state index contributed by atoms with van der Waals surface area (Å²) in [6, 6.07) is 10.1. The largest absolute Gasteiger partial charge is 0.495 e. The average Bonchev–Trinajstić information content (AvgIpc) is 3.18. The number of rotatable bonds is 3. The van der Waals surface area contributed by atoms with Gasteiger partial charge in [-0.15, -0.1) is 11.3 Å². The first-order chi connectivity index (χ1) is 10.7. The smallest absolute Gasteiger partial charge is 0.322 e. The SMILES string of the molecule is COc1ccc(C)cc1NC(=O)N1CCC[C@@H]1c1cccs1. The Bertz CT molecular complexity index is 655. The van der Waals surface area contributed by atoms with E-state index in [0.29, 0.717) is 5.75 Å². The molecule has 0 radical (unpaired) electrons. The van der Waals surface area contributed by atoms with Crippen molar-refractivity contribution >= 4 is 23.1 Å². The molecule has 0 saturated carbocycles. The van der Waals surface area contributed by atoms with E-state index in [1.165, 1.54) is 4.88 Å². The van der Waals surface area contributed by atoms with Gasteiger partial charge in [0.2, 0.25) is 0 Å². The molecule has 1 saturated heterocycles. The van der Waals surface area contributed by atoms with E-state index in [9.17, 15) is 4.79 Å². The molecule has 1 fully saturated rings. The maximum Gasteiger partial charge on any atom is 0.322 e. The lowest BCUT2D eigenvalue weighted by atomic mass is 10.2. The van der Waals surface area contributed by atoms with Crippen molar-refractivity contribution in [2.75, 3.05) is 19.0 Å². The number of carbonyl (C=O) groups is 1. The van der Waals surface area contributed by atoms with Crippen LogP contribution in [0, 0.1) is 6.92 Å². The van der Waals surface area contributed by atoms with Crippen molar-refractivity contribution in [3.8, 4) is 5.75 Å². The minimum atomic E-state index is -0.0557. The first-order valence-electron chi connectivity index (χ1n) is 7.44. The number of methoxy groups -OCH3 is 1. The van der Waals surface area contributed by atoms with E-state index in [2.05, 4.69) is 16.8 Å². The lowest BCUT2D eigenvalue weighted by Crippen LogP contribution is -2.34. The molecule has 0 aliphatic carbocycles. The zero-order chi connectivity index (χ0) is 15.5. The van der Waals surface area contributed by atoms with Gasteiger partial charge in [-0.1, -0.05) is 12.1 Å². The number of likely N-dealkylation sites (tertiary alicyclic amines) is 1. The van der Waals surface area contributed by atoms with Gasteiger partial charge in [-0.25, -0.2) is 4.79 Å². The highest BCUT2D eigenvalue weighted by molar-refractivity contribution is 7.10. The number of aryl methyl sites for hydroxylation is 1. The predicted molar refractivity (Wildman–Crippen MR) is 89.7 cm³/mol. The van der Waals surface area contributed by atoms with Crippen LogP contribution < -0.4 is 10.1 Å². The fourth-order valence-corrected chi connectivity index (χ4v) is 3.77. The van der Waals surface area contributed by atoms with Gasteiger partial charge in [-0.3, -0.25) is 0 Å². The van der Waals surface area contributed by atoms with Gasteiger partial charge in [0, 0.05) is 11.4 Å². The molecule has 2 heterocycles. The van der Waals surface area contributed by atoms with Crippen molar-refractivity contribution in [2.45, 2.75) is 25.8 Å². The van der Waals surface area contributed by atoms with Crippen molar-refractivity contribution < 1.29 is 9.53 Å². The standard InChI is InChI=1S/C17H20N2O2S/c1-12-7-8-15(21-2)13(11-12)18-17(20)19-9-3-5-14(19)16-6-4-10-22-16/h4,6-8,10-11,14H,3,5,9H2,1-2H3,(H,18,20)/t14-/m1/s1. The molecule has 1 atom stereocenters. The molecule has 1 aliphatic rings. The molecule has 2 amide bonds. The molecule has 1 N–H and O–H groups in total. The lowest BCUT2D eigenvalue weighted by molar-refractivity contribution is 0.207. The van der Waals surface area contributed by atoms with Gasteiger partial charge >= 0.3 is 6.03 Å². The molecule has 1 aliphatic heterocycles. The van der Waals surface area contributed by atoms with Crippen LogP contribution in [0.5, 0.6) is 5.75 Å². The van der Waals surface area contributed by atoms with Crippen molar-refractivity contribution in [1.82, 2.24) is 4.90 Å². The summed E-state index contributed by atoms with van der Waals surface area (Å²) in [4.78, 5) is 15.8. The summed E-state index contributed by atoms with van der Waals surface area (Å²) >= 11 is 1.71. The molecule has 1 aromatic carbocycles. The number of hydrogen-bond acceptors (Lipinski definition) is 3. The molecule has 2 aromatic rings. The van der Waals surface area contributed by atoms with Gasteiger partial charge in [0.1, 0.15) is 5.75 Å². The molecule has 116 valence electrons. The Hall–Kier alpha value is -2.01. The number of ether oxygens (including phenoxy) is 1. The molecule has 4 nitrogen and oxygen atoms in total. The van der Waals surface area contributed by atoms with Crippen molar-refractivity contribution in [2.24, 2.45) is 0 Å². The first-order valence-corrected chi connectivity index (χ1v) is 8.32. The predicted octanol–water partition coefficient (Wildman–Crippen LogP) is 4.43. The molecule has 3 rings (SSSR count). The van der Waals surface area contributed by atoms with E-state index in [-0.39, 0.29) is 12.1 Å². The number of hydrogen-bond donors (Lipinski definition) is 1. The molecule has 0 bridgehead atoms. The second-order valence-corrected chi connectivity index (χ2v) is 6.48. The third-order valence-electron chi connectivity index (χ3n) is 3.98. The van der Waals surface area contributed by atoms with E-state index in [0.717, 1.165) is 30.6 Å². The molecule has 0 spiro atoms. The van der Waals surface area contributed by atoms with Gasteiger partial charge < -0.3 is 15.0 Å². The van der Waals surface area contributed by atoms with Crippen LogP contribution in [0.25, 0.3) is 0 Å². The topological polar surface area (TPSA) is 41.6 Å². The van der Waals surface area contributed by atoms with Crippen molar-refractivity contribution in [3.63, 3.8) is 0 Å². The number of anilines is 1. The Kier molecular flexibility index (Phi) is 4.34. The van der Waals surface area contributed by atoms with Crippen LogP contribution in [0.2, 0.25) is 0 Å². The van der Waals surface area contributed by atoms with Crippen LogP contribution in [0.3, 0.4) is 0 Å². The maximum absolute atomic E-state index is 12.7. The van der Waals surface area contributed by atoms with Gasteiger partial charge in [0.15, 0.2) is 0 Å². The van der Waals surface area contributed by atoms with Crippen molar-refractivity contribution in [1.29, 1.82) is 0 Å². The second-order valence-electron chi connectivity index (χ2n) is 5.50. The Morgan fingerprint density at radius 1 is 1.41 bits per heavy atom. The Morgan fingerprint density at radius 3 is 3.00 bits per heavy atom. The van der Waals surface area contributed by atoms with Gasteiger partial charge in [-0.2, -0.15) is 0 Å². The van der Waals surface area contributed by atoms with E-state index in [4.69, 9.17) is 4.74 Å². The minimum Gasteiger partial charge on any atom is -0.495 e. The summed E-state index contributed by atoms with van der Waals surface area (Å²) in [5.41, 5.74) is 1.82. The third-order valence-corrected chi connectivity index (χ3v) is 4.96. The van der Waals surface area contributed by atoms with E-state index < -0.39 is 0 Å². The summed E-state index contributed by atoms with van der Waals surface area (Å²) in [6.07, 6.45) is 2.07. The number of benzene rings is 1. The zero-order valence-electron chi connectivity index (χ0n) is 12.8. The summed E-state index contributed by atoms with van der Waals surface area (Å²) in [5, 5.41) is 5.07. The number of thiophene rings is 1. The maximum atomic E-state index is 12.7. The Labute approximate surface area is 134 Å². The Balaban J connectivity index is 1.78. The summed E-state index contributed by atoms with van der Waals surface area (Å²) in [6.45, 7) is 2.79. The highest BCUT2D eigenvalue weighted by Gasteiger charge is 2.30. The van der Waals surface area contributed by atoms with Crippen LogP contribution in [0.4, 0.5) is 10.5 Å². The molecule has 5 heteroatoms. The molecular weight excluding hydrogens is 296 g/mol. The normalized spacial score (nSPS) is 17.5. The van der Waals surface area contributed by atoms with Crippen LogP contribution in [-0.4, -0.2) is 24.6 Å². The fourth-order valence-electron chi connectivity index (χ4n) is 2.89. The second kappa shape index (κ2) is 6.40. The first kappa shape index (κ1) is 14.9. The monoisotopic (exact) mass is 316 g/mol. The summed E-state index contributed by atoms with van der Waals surface area (Å²) in [7, 11) is 1.62. The van der Waals surface area contributed by atoms with Gasteiger partial charge in [-0.05, 0) is 48.9 Å². The van der Waals surface area contributed by atoms with Crippen LogP contribution >= 0.6 is 11.3 Å². The van der Waals surface area contributed by atoms with Crippen LogP contribution in [0.1, 0.15) is 29.3 Å². The average molecular weight is 316 g/mol. The van der Waals surface area contributed by atoms with Gasteiger partial charge in [0.05, 0.1) is 18.8 Å². The number of nitrogens with one attached hydrogen (secondary N) is 1. The quantitative estimate of drug-likeness (QED) is 0.910. The van der Waals surface area contributed by atoms with E-state index in [1.807, 2.05) is 36.1 Å². The molecular formula is C17H20N2O2S. The fraction of sp³-hybridized carbons (Fsp3) is 0.353. The zero-order valence-corrected chi connectivity index (χ0v) is 13.7. The number of nitrogens with zero attached hydrogens (tertiary/aromatic N) is 1. The summed E-state index contributed by atoms with van der Waals surface area (Å²) in [5.74, 6) is 0.686.